The number of hydrogen-bond acceptors (Lipinski definition) is 5. The first-order valence-electron chi connectivity index (χ1n) is 7.80. The number of aromatic nitrogens is 2. The van der Waals surface area contributed by atoms with Crippen LogP contribution in [0.1, 0.15) is 11.3 Å². The summed E-state index contributed by atoms with van der Waals surface area (Å²) >= 11 is 12.2. The van der Waals surface area contributed by atoms with Gasteiger partial charge in [-0.2, -0.15) is 5.10 Å². The minimum absolute atomic E-state index is 0.396. The van der Waals surface area contributed by atoms with E-state index in [9.17, 15) is 0 Å². The van der Waals surface area contributed by atoms with Crippen LogP contribution in [0, 0.1) is 6.92 Å². The Labute approximate surface area is 161 Å². The van der Waals surface area contributed by atoms with Crippen molar-refractivity contribution in [3.05, 3.63) is 69.8 Å². The molecule has 2 aromatic carbocycles. The molecule has 0 unspecified atom stereocenters. The summed E-state index contributed by atoms with van der Waals surface area (Å²) in [6, 6.07) is 15.1. The van der Waals surface area contributed by atoms with Gasteiger partial charge in [0, 0.05) is 21.8 Å². The number of ether oxygens (including phenoxy) is 1. The molecule has 26 heavy (non-hydrogen) atoms. The first-order chi connectivity index (χ1) is 12.6. The fourth-order valence-electron chi connectivity index (χ4n) is 2.43. The summed E-state index contributed by atoms with van der Waals surface area (Å²) in [7, 11) is 1.54. The number of benzene rings is 2. The number of aryl methyl sites for hydroxylation is 1. The van der Waals surface area contributed by atoms with E-state index in [1.165, 1.54) is 7.11 Å². The number of hydrazone groups is 1. The minimum atomic E-state index is 0.396. The third-order valence-corrected chi connectivity index (χ3v) is 4.03. The molecule has 0 bridgehead atoms. The molecule has 3 aromatic rings. The Morgan fingerprint density at radius 3 is 2.58 bits per heavy atom. The lowest BCUT2D eigenvalue weighted by Crippen LogP contribution is -2.00. The van der Waals surface area contributed by atoms with Gasteiger partial charge in [0.25, 0.3) is 0 Å². The van der Waals surface area contributed by atoms with E-state index < -0.39 is 0 Å². The third-order valence-electron chi connectivity index (χ3n) is 3.53. The van der Waals surface area contributed by atoms with Crippen molar-refractivity contribution >= 4 is 35.4 Å². The zero-order chi connectivity index (χ0) is 18.5. The maximum atomic E-state index is 6.12. The van der Waals surface area contributed by atoms with E-state index >= 15 is 0 Å². The Morgan fingerprint density at radius 1 is 1.08 bits per heavy atom. The number of methoxy groups -OCH3 is 1. The lowest BCUT2D eigenvalue weighted by molar-refractivity contribution is 0.414. The second kappa shape index (κ2) is 8.17. The topological polar surface area (TPSA) is 59.4 Å². The van der Waals surface area contributed by atoms with Gasteiger partial charge < -0.3 is 4.74 Å². The van der Waals surface area contributed by atoms with Crippen molar-refractivity contribution in [3.63, 3.8) is 0 Å². The van der Waals surface area contributed by atoms with Gasteiger partial charge in [-0.05, 0) is 25.1 Å². The van der Waals surface area contributed by atoms with Gasteiger partial charge in [-0.1, -0.05) is 53.5 Å². The van der Waals surface area contributed by atoms with E-state index in [-0.39, 0.29) is 0 Å². The van der Waals surface area contributed by atoms with Gasteiger partial charge in [-0.3, -0.25) is 0 Å². The highest BCUT2D eigenvalue weighted by molar-refractivity contribution is 6.36. The molecule has 1 N–H and O–H groups in total. The summed E-state index contributed by atoms with van der Waals surface area (Å²) in [6.07, 6.45) is 1.56. The third kappa shape index (κ3) is 4.31. The number of nitrogens with one attached hydrogen (secondary N) is 1. The van der Waals surface area contributed by atoms with Crippen LogP contribution in [0.4, 0.5) is 5.95 Å². The van der Waals surface area contributed by atoms with Crippen molar-refractivity contribution in [1.82, 2.24) is 9.97 Å². The highest BCUT2D eigenvalue weighted by Crippen LogP contribution is 2.31. The van der Waals surface area contributed by atoms with Crippen LogP contribution in [0.25, 0.3) is 11.3 Å². The normalized spacial score (nSPS) is 10.9. The molecular weight excluding hydrogens is 371 g/mol. The molecule has 5 nitrogen and oxygen atoms in total. The number of anilines is 1. The van der Waals surface area contributed by atoms with Crippen molar-refractivity contribution in [3.8, 4) is 17.0 Å². The summed E-state index contributed by atoms with van der Waals surface area (Å²) in [4.78, 5) is 8.84. The van der Waals surface area contributed by atoms with Crippen LogP contribution in [-0.2, 0) is 0 Å². The van der Waals surface area contributed by atoms with E-state index in [0.717, 1.165) is 17.0 Å². The van der Waals surface area contributed by atoms with Gasteiger partial charge in [-0.25, -0.2) is 15.4 Å². The lowest BCUT2D eigenvalue weighted by Gasteiger charge is -2.08. The first kappa shape index (κ1) is 18.2. The molecule has 132 valence electrons. The summed E-state index contributed by atoms with van der Waals surface area (Å²) in [5, 5.41) is 5.09. The Balaban J connectivity index is 1.85. The number of nitrogens with zero attached hydrogens (tertiary/aromatic N) is 3. The maximum Gasteiger partial charge on any atom is 0.244 e. The number of hydrogen-bond donors (Lipinski definition) is 1. The van der Waals surface area contributed by atoms with Gasteiger partial charge in [0.05, 0.1) is 24.0 Å². The van der Waals surface area contributed by atoms with Gasteiger partial charge in [0.2, 0.25) is 5.95 Å². The summed E-state index contributed by atoms with van der Waals surface area (Å²) in [6.45, 7) is 1.91. The molecule has 0 atom stereocenters. The van der Waals surface area contributed by atoms with Crippen LogP contribution < -0.4 is 10.2 Å². The molecule has 0 spiro atoms. The van der Waals surface area contributed by atoms with Crippen molar-refractivity contribution in [2.24, 2.45) is 5.10 Å². The Bertz CT molecular complexity index is 946. The van der Waals surface area contributed by atoms with Crippen LogP contribution in [0.5, 0.6) is 5.75 Å². The van der Waals surface area contributed by atoms with E-state index in [0.29, 0.717) is 27.3 Å². The second-order valence-electron chi connectivity index (χ2n) is 5.46. The predicted molar refractivity (Wildman–Crippen MR) is 106 cm³/mol. The summed E-state index contributed by atoms with van der Waals surface area (Å²) in [5.41, 5.74) is 6.15. The van der Waals surface area contributed by atoms with Crippen molar-refractivity contribution < 1.29 is 4.74 Å². The van der Waals surface area contributed by atoms with Crippen LogP contribution >= 0.6 is 23.2 Å². The Kier molecular flexibility index (Phi) is 5.71. The van der Waals surface area contributed by atoms with Gasteiger partial charge >= 0.3 is 0 Å². The molecule has 0 amide bonds. The quantitative estimate of drug-likeness (QED) is 0.482. The van der Waals surface area contributed by atoms with Gasteiger partial charge in [0.15, 0.2) is 0 Å². The van der Waals surface area contributed by atoms with Crippen LogP contribution in [0.15, 0.2) is 53.6 Å². The summed E-state index contributed by atoms with van der Waals surface area (Å²) in [5.74, 6) is 0.893. The molecule has 0 fully saturated rings. The standard InChI is InChI=1S/C19H16Cl2N4O/c1-12-8-17(13-6-4-3-5-7-13)24-19(23-12)25-22-11-14-9-15(20)10-16(21)18(14)26-2/h3-11H,1-2H3,(H,23,24,25)/b22-11+. The van der Waals surface area contributed by atoms with Gasteiger partial charge in [0.1, 0.15) is 5.75 Å². The van der Waals surface area contributed by atoms with E-state index in [1.54, 1.807) is 18.3 Å². The Morgan fingerprint density at radius 2 is 1.85 bits per heavy atom. The number of rotatable bonds is 5. The molecule has 0 aliphatic rings. The predicted octanol–water partition coefficient (Wildman–Crippen LogP) is 5.21. The highest BCUT2D eigenvalue weighted by atomic mass is 35.5. The Hall–Kier alpha value is -2.63. The second-order valence-corrected chi connectivity index (χ2v) is 6.31. The van der Waals surface area contributed by atoms with E-state index in [1.807, 2.05) is 43.3 Å². The zero-order valence-electron chi connectivity index (χ0n) is 14.2. The average Bonchev–Trinajstić information content (AvgIpc) is 2.62. The molecule has 7 heteroatoms. The van der Waals surface area contributed by atoms with Crippen molar-refractivity contribution in [1.29, 1.82) is 0 Å². The summed E-state index contributed by atoms with van der Waals surface area (Å²) < 4.78 is 5.29. The smallest absolute Gasteiger partial charge is 0.244 e. The van der Waals surface area contributed by atoms with E-state index in [4.69, 9.17) is 27.9 Å². The monoisotopic (exact) mass is 386 g/mol. The fourth-order valence-corrected chi connectivity index (χ4v) is 3.01. The molecule has 0 saturated carbocycles. The van der Waals surface area contributed by atoms with Crippen molar-refractivity contribution in [2.45, 2.75) is 6.92 Å². The molecule has 1 heterocycles. The molecule has 0 aliphatic carbocycles. The zero-order valence-corrected chi connectivity index (χ0v) is 15.7. The molecule has 0 aliphatic heterocycles. The van der Waals surface area contributed by atoms with Crippen LogP contribution in [0.2, 0.25) is 10.0 Å². The first-order valence-corrected chi connectivity index (χ1v) is 8.55. The molecule has 0 saturated heterocycles. The molecule has 0 radical (unpaired) electrons. The molecule has 1 aromatic heterocycles. The van der Waals surface area contributed by atoms with Crippen LogP contribution in [0.3, 0.4) is 0 Å². The fraction of sp³-hybridized carbons (Fsp3) is 0.105. The number of halogens is 2. The SMILES string of the molecule is COc1c(Cl)cc(Cl)cc1/C=N/Nc1nc(C)cc(-c2ccccc2)n1. The minimum Gasteiger partial charge on any atom is -0.495 e. The van der Waals surface area contributed by atoms with Crippen LogP contribution in [-0.4, -0.2) is 23.3 Å². The van der Waals surface area contributed by atoms with Gasteiger partial charge in [-0.15, -0.1) is 0 Å². The average molecular weight is 387 g/mol. The largest absolute Gasteiger partial charge is 0.495 e. The highest BCUT2D eigenvalue weighted by Gasteiger charge is 2.08. The maximum absolute atomic E-state index is 6.12. The lowest BCUT2D eigenvalue weighted by atomic mass is 10.1. The van der Waals surface area contributed by atoms with Crippen molar-refractivity contribution in [2.75, 3.05) is 12.5 Å². The molecular formula is C19H16Cl2N4O. The molecule has 3 rings (SSSR count). The van der Waals surface area contributed by atoms with E-state index in [2.05, 4.69) is 20.5 Å².